The molecule has 0 spiro atoms. The van der Waals surface area contributed by atoms with E-state index >= 15 is 0 Å². The van der Waals surface area contributed by atoms with Crippen LogP contribution in [-0.2, 0) is 12.8 Å². The zero-order valence-electron chi connectivity index (χ0n) is 17.5. The Morgan fingerprint density at radius 3 is 2.35 bits per heavy atom. The molecule has 1 heterocycles. The fourth-order valence-corrected chi connectivity index (χ4v) is 2.94. The van der Waals surface area contributed by atoms with E-state index in [-0.39, 0.29) is 5.82 Å². The zero-order chi connectivity index (χ0) is 22.2. The van der Waals surface area contributed by atoms with Gasteiger partial charge in [-0.2, -0.15) is 5.10 Å². The predicted molar refractivity (Wildman–Crippen MR) is 112 cm³/mol. The molecule has 9 nitrogen and oxygen atoms in total. The fraction of sp³-hybridized carbons (Fsp3) is 0.286. The van der Waals surface area contributed by atoms with Gasteiger partial charge < -0.3 is 24.8 Å². The zero-order valence-corrected chi connectivity index (χ0v) is 17.5. The molecule has 0 bridgehead atoms. The van der Waals surface area contributed by atoms with Gasteiger partial charge in [-0.05, 0) is 17.7 Å². The molecule has 2 amide bonds. The first kappa shape index (κ1) is 21.9. The van der Waals surface area contributed by atoms with Crippen molar-refractivity contribution in [2.45, 2.75) is 12.8 Å². The molecule has 0 saturated carbocycles. The van der Waals surface area contributed by atoms with Crippen LogP contribution < -0.4 is 24.8 Å². The standard InChI is InChI=1S/C21H24FN5O4/c1-29-16-11-15(12-17(30-2)20(16)31-3)24-21(28)23-9-8-18-25-19(27-26-18)10-13-4-6-14(22)7-5-13/h4-7,11-12H,8-10H2,1-3H3,(H2,23,24,28)(H,25,26,27). The summed E-state index contributed by atoms with van der Waals surface area (Å²) in [5.74, 6) is 2.28. The van der Waals surface area contributed by atoms with Crippen LogP contribution in [0.15, 0.2) is 36.4 Å². The molecule has 1 aromatic heterocycles. The number of nitrogens with one attached hydrogen (secondary N) is 3. The average Bonchev–Trinajstić information content (AvgIpc) is 3.21. The first-order chi connectivity index (χ1) is 15.0. The molecule has 3 N–H and O–H groups in total. The summed E-state index contributed by atoms with van der Waals surface area (Å²) in [6.45, 7) is 0.337. The summed E-state index contributed by atoms with van der Waals surface area (Å²) in [6.07, 6.45) is 0.963. The van der Waals surface area contributed by atoms with Crippen LogP contribution in [-0.4, -0.2) is 49.1 Å². The van der Waals surface area contributed by atoms with E-state index in [1.165, 1.54) is 33.5 Å². The average molecular weight is 429 g/mol. The molecular formula is C21H24FN5O4. The van der Waals surface area contributed by atoms with E-state index in [0.717, 1.165) is 5.56 Å². The van der Waals surface area contributed by atoms with Gasteiger partial charge in [0.15, 0.2) is 17.3 Å². The lowest BCUT2D eigenvalue weighted by molar-refractivity contribution is 0.252. The lowest BCUT2D eigenvalue weighted by atomic mass is 10.1. The first-order valence-electron chi connectivity index (χ1n) is 9.51. The highest BCUT2D eigenvalue weighted by Gasteiger charge is 2.14. The van der Waals surface area contributed by atoms with E-state index in [1.54, 1.807) is 24.3 Å². The van der Waals surface area contributed by atoms with Crippen molar-refractivity contribution in [2.75, 3.05) is 33.2 Å². The third-order valence-corrected chi connectivity index (χ3v) is 4.42. The highest BCUT2D eigenvalue weighted by Crippen LogP contribution is 2.39. The third-order valence-electron chi connectivity index (χ3n) is 4.42. The number of carbonyl (C=O) groups excluding carboxylic acids is 1. The largest absolute Gasteiger partial charge is 0.493 e. The van der Waals surface area contributed by atoms with Crippen molar-refractivity contribution in [2.24, 2.45) is 0 Å². The fourth-order valence-electron chi connectivity index (χ4n) is 2.94. The Hall–Kier alpha value is -3.82. The van der Waals surface area contributed by atoms with Crippen molar-refractivity contribution in [3.8, 4) is 17.2 Å². The summed E-state index contributed by atoms with van der Waals surface area (Å²) in [6, 6.07) is 9.10. The van der Waals surface area contributed by atoms with E-state index in [4.69, 9.17) is 14.2 Å². The number of aromatic nitrogens is 3. The number of methoxy groups -OCH3 is 3. The molecule has 0 atom stereocenters. The van der Waals surface area contributed by atoms with Gasteiger partial charge in [0.1, 0.15) is 11.6 Å². The minimum atomic E-state index is -0.392. The van der Waals surface area contributed by atoms with E-state index < -0.39 is 6.03 Å². The van der Waals surface area contributed by atoms with Gasteiger partial charge in [0.2, 0.25) is 5.75 Å². The monoisotopic (exact) mass is 429 g/mol. The van der Waals surface area contributed by atoms with E-state index in [1.807, 2.05) is 0 Å². The summed E-state index contributed by atoms with van der Waals surface area (Å²) in [5.41, 5.74) is 1.42. The number of rotatable bonds is 9. The SMILES string of the molecule is COc1cc(NC(=O)NCCc2n[nH]c(Cc3ccc(F)cc3)n2)cc(OC)c1OC. The number of urea groups is 1. The quantitative estimate of drug-likeness (QED) is 0.482. The minimum absolute atomic E-state index is 0.280. The number of H-pyrrole nitrogens is 1. The smallest absolute Gasteiger partial charge is 0.319 e. The summed E-state index contributed by atoms with van der Waals surface area (Å²) in [4.78, 5) is 16.6. The number of carbonyl (C=O) groups is 1. The number of ether oxygens (including phenoxy) is 3. The minimum Gasteiger partial charge on any atom is -0.493 e. The maximum atomic E-state index is 13.0. The number of hydrogen-bond acceptors (Lipinski definition) is 6. The Bertz CT molecular complexity index is 998. The van der Waals surface area contributed by atoms with Crippen molar-refractivity contribution in [3.05, 3.63) is 59.4 Å². The van der Waals surface area contributed by atoms with Gasteiger partial charge in [0.25, 0.3) is 0 Å². The number of anilines is 1. The van der Waals surface area contributed by atoms with Crippen molar-refractivity contribution >= 4 is 11.7 Å². The van der Waals surface area contributed by atoms with E-state index in [9.17, 15) is 9.18 Å². The lowest BCUT2D eigenvalue weighted by Gasteiger charge is -2.14. The highest BCUT2D eigenvalue weighted by atomic mass is 19.1. The number of amides is 2. The Balaban J connectivity index is 1.50. The van der Waals surface area contributed by atoms with Gasteiger partial charge in [-0.25, -0.2) is 14.2 Å². The second-order valence-electron chi connectivity index (χ2n) is 6.55. The van der Waals surface area contributed by atoms with Crippen molar-refractivity contribution < 1.29 is 23.4 Å². The number of benzene rings is 2. The van der Waals surface area contributed by atoms with Crippen LogP contribution in [0.1, 0.15) is 17.2 Å². The molecule has 0 saturated heterocycles. The molecule has 0 aliphatic rings. The molecule has 0 unspecified atom stereocenters. The van der Waals surface area contributed by atoms with E-state index in [0.29, 0.717) is 54.0 Å². The Kier molecular flexibility index (Phi) is 7.26. The number of hydrogen-bond donors (Lipinski definition) is 3. The number of nitrogens with zero attached hydrogens (tertiary/aromatic N) is 2. The molecule has 2 aromatic carbocycles. The summed E-state index contributed by atoms with van der Waals surface area (Å²) >= 11 is 0. The number of halogens is 1. The van der Waals surface area contributed by atoms with Crippen LogP contribution in [0.5, 0.6) is 17.2 Å². The van der Waals surface area contributed by atoms with Gasteiger partial charge in [-0.3, -0.25) is 5.10 Å². The Morgan fingerprint density at radius 1 is 1.06 bits per heavy atom. The summed E-state index contributed by atoms with van der Waals surface area (Å²) in [5, 5.41) is 12.5. The number of aromatic amines is 1. The second kappa shape index (κ2) is 10.3. The van der Waals surface area contributed by atoms with Crippen LogP contribution in [0, 0.1) is 5.82 Å². The molecule has 10 heteroatoms. The van der Waals surface area contributed by atoms with Crippen LogP contribution in [0.2, 0.25) is 0 Å². The molecule has 0 aliphatic heterocycles. The van der Waals surface area contributed by atoms with Crippen LogP contribution in [0.4, 0.5) is 14.9 Å². The van der Waals surface area contributed by atoms with E-state index in [2.05, 4.69) is 25.8 Å². The van der Waals surface area contributed by atoms with Crippen molar-refractivity contribution in [1.29, 1.82) is 0 Å². The molecule has 31 heavy (non-hydrogen) atoms. The molecular weight excluding hydrogens is 405 g/mol. The normalized spacial score (nSPS) is 10.5. The summed E-state index contributed by atoms with van der Waals surface area (Å²) < 4.78 is 28.8. The van der Waals surface area contributed by atoms with Crippen LogP contribution in [0.3, 0.4) is 0 Å². The molecule has 3 aromatic rings. The second-order valence-corrected chi connectivity index (χ2v) is 6.55. The van der Waals surface area contributed by atoms with Crippen LogP contribution in [0.25, 0.3) is 0 Å². The van der Waals surface area contributed by atoms with Crippen molar-refractivity contribution in [3.63, 3.8) is 0 Å². The molecule has 164 valence electrons. The van der Waals surface area contributed by atoms with Gasteiger partial charge >= 0.3 is 6.03 Å². The molecule has 0 fully saturated rings. The maximum Gasteiger partial charge on any atom is 0.319 e. The third kappa shape index (κ3) is 5.84. The van der Waals surface area contributed by atoms with Crippen molar-refractivity contribution in [1.82, 2.24) is 20.5 Å². The summed E-state index contributed by atoms with van der Waals surface area (Å²) in [7, 11) is 4.51. The topological polar surface area (TPSA) is 110 Å². The molecule has 3 rings (SSSR count). The van der Waals surface area contributed by atoms with Gasteiger partial charge in [0, 0.05) is 31.5 Å². The molecule has 0 radical (unpaired) electrons. The first-order valence-corrected chi connectivity index (χ1v) is 9.51. The molecule has 0 aliphatic carbocycles. The van der Waals surface area contributed by atoms with Gasteiger partial charge in [-0.15, -0.1) is 0 Å². The van der Waals surface area contributed by atoms with Crippen LogP contribution >= 0.6 is 0 Å². The Morgan fingerprint density at radius 2 is 1.74 bits per heavy atom. The van der Waals surface area contributed by atoms with Gasteiger partial charge in [0.05, 0.1) is 27.0 Å². The predicted octanol–water partition coefficient (Wildman–Crippen LogP) is 2.92. The van der Waals surface area contributed by atoms with Gasteiger partial charge in [-0.1, -0.05) is 12.1 Å². The Labute approximate surface area is 178 Å². The highest BCUT2D eigenvalue weighted by molar-refractivity contribution is 5.90. The lowest BCUT2D eigenvalue weighted by Crippen LogP contribution is -2.30. The maximum absolute atomic E-state index is 13.0.